The Bertz CT molecular complexity index is 1000. The highest BCUT2D eigenvalue weighted by Crippen LogP contribution is 2.40. The Balaban J connectivity index is 1.64. The van der Waals surface area contributed by atoms with Crippen LogP contribution in [0.25, 0.3) is 0 Å². The Kier molecular flexibility index (Phi) is 5.54. The topological polar surface area (TPSA) is 45.7 Å². The number of fused-ring (bicyclic) bond motifs is 1. The van der Waals surface area contributed by atoms with E-state index in [2.05, 4.69) is 4.98 Å². The van der Waals surface area contributed by atoms with Crippen molar-refractivity contribution in [2.24, 2.45) is 0 Å². The zero-order valence-electron chi connectivity index (χ0n) is 15.3. The summed E-state index contributed by atoms with van der Waals surface area (Å²) in [5, 5.41) is -0.528. The Hall–Kier alpha value is -2.10. The molecule has 1 atom stereocenters. The maximum Gasteiger partial charge on any atom is 0.417 e. The van der Waals surface area contributed by atoms with Gasteiger partial charge in [-0.05, 0) is 25.0 Å². The third kappa shape index (κ3) is 3.93. The highest BCUT2D eigenvalue weighted by Gasteiger charge is 2.41. The molecule has 2 aromatic rings. The van der Waals surface area contributed by atoms with Crippen LogP contribution in [0, 0.1) is 5.82 Å². The van der Waals surface area contributed by atoms with Crippen molar-refractivity contribution in [1.29, 1.82) is 0 Å². The number of nitrogens with zero attached hydrogens (tertiary/aromatic N) is 3. The summed E-state index contributed by atoms with van der Waals surface area (Å²) in [7, 11) is 0. The molecule has 0 saturated carbocycles. The molecule has 0 unspecified atom stereocenters. The van der Waals surface area contributed by atoms with Crippen LogP contribution in [0.5, 0.6) is 11.6 Å². The molecular weight excluding hydrogens is 449 g/mol. The quantitative estimate of drug-likeness (QED) is 0.564. The second-order valence-corrected chi connectivity index (χ2v) is 7.89. The third-order valence-corrected chi connectivity index (χ3v) is 5.69. The van der Waals surface area contributed by atoms with Gasteiger partial charge in [0, 0.05) is 18.8 Å². The fraction of sp³-hybridized carbons (Fsp3) is 0.368. The minimum absolute atomic E-state index is 0.0307. The Labute approximate surface area is 179 Å². The van der Waals surface area contributed by atoms with E-state index >= 15 is 0 Å². The van der Waals surface area contributed by atoms with Gasteiger partial charge in [0.2, 0.25) is 11.8 Å². The van der Waals surface area contributed by atoms with E-state index in [9.17, 15) is 22.4 Å². The smallest absolute Gasteiger partial charge is 0.417 e. The van der Waals surface area contributed by atoms with E-state index in [0.29, 0.717) is 18.7 Å². The van der Waals surface area contributed by atoms with Gasteiger partial charge >= 0.3 is 6.18 Å². The lowest BCUT2D eigenvalue weighted by Crippen LogP contribution is -2.37. The summed E-state index contributed by atoms with van der Waals surface area (Å²) in [6, 6.07) is 2.59. The number of ether oxygens (including phenoxy) is 1. The van der Waals surface area contributed by atoms with Crippen molar-refractivity contribution in [2.45, 2.75) is 31.5 Å². The SMILES string of the molecule is O=C1[C@H]2CCCCN2CN1c1cc(Oc2ncc(C(F)(F)F)cc2Cl)c(Cl)cc1F. The number of aromatic nitrogens is 1. The van der Waals surface area contributed by atoms with Crippen LogP contribution >= 0.6 is 23.2 Å². The maximum absolute atomic E-state index is 14.6. The number of carbonyl (C=O) groups is 1. The standard InChI is InChI=1S/C19H15Cl2F4N3O2/c20-11-6-13(22)15(28-9-27-4-2-1-3-14(27)18(28)29)7-16(11)30-17-12(21)5-10(8-26-17)19(23,24)25/h5-8,14H,1-4,9H2/t14-/m1/s1. The summed E-state index contributed by atoms with van der Waals surface area (Å²) in [5.41, 5.74) is -1.07. The molecule has 1 amide bonds. The van der Waals surface area contributed by atoms with Gasteiger partial charge in [-0.2, -0.15) is 13.2 Å². The first-order chi connectivity index (χ1) is 14.1. The molecule has 2 fully saturated rings. The summed E-state index contributed by atoms with van der Waals surface area (Å²) in [4.78, 5) is 19.6. The zero-order valence-corrected chi connectivity index (χ0v) is 16.9. The third-order valence-electron chi connectivity index (χ3n) is 5.12. The number of hydrogen-bond donors (Lipinski definition) is 0. The maximum atomic E-state index is 14.6. The largest absolute Gasteiger partial charge is 0.436 e. The van der Waals surface area contributed by atoms with Crippen molar-refractivity contribution in [3.63, 3.8) is 0 Å². The van der Waals surface area contributed by atoms with Crippen LogP contribution in [0.15, 0.2) is 24.4 Å². The monoisotopic (exact) mass is 463 g/mol. The molecular formula is C19H15Cl2F4N3O2. The molecule has 5 nitrogen and oxygen atoms in total. The van der Waals surface area contributed by atoms with Gasteiger partial charge in [0.1, 0.15) is 16.6 Å². The van der Waals surface area contributed by atoms with Crippen molar-refractivity contribution in [2.75, 3.05) is 18.1 Å². The molecule has 2 aliphatic rings. The van der Waals surface area contributed by atoms with Crippen molar-refractivity contribution in [3.8, 4) is 11.6 Å². The number of pyridine rings is 1. The van der Waals surface area contributed by atoms with Gasteiger partial charge in [-0.3, -0.25) is 14.6 Å². The summed E-state index contributed by atoms with van der Waals surface area (Å²) >= 11 is 11.9. The average Bonchev–Trinajstić information content (AvgIpc) is 3.01. The average molecular weight is 464 g/mol. The second kappa shape index (κ2) is 7.86. The molecule has 160 valence electrons. The van der Waals surface area contributed by atoms with Crippen molar-refractivity contribution in [1.82, 2.24) is 9.88 Å². The Morgan fingerprint density at radius 3 is 2.57 bits per heavy atom. The molecule has 0 radical (unpaired) electrons. The van der Waals surface area contributed by atoms with Crippen LogP contribution in [0.2, 0.25) is 10.0 Å². The van der Waals surface area contributed by atoms with Gasteiger partial charge in [0.15, 0.2) is 0 Å². The Morgan fingerprint density at radius 2 is 1.90 bits per heavy atom. The number of benzene rings is 1. The fourth-order valence-electron chi connectivity index (χ4n) is 3.63. The second-order valence-electron chi connectivity index (χ2n) is 7.08. The molecule has 4 rings (SSSR count). The van der Waals surface area contributed by atoms with E-state index in [0.717, 1.165) is 25.5 Å². The normalized spacial score (nSPS) is 19.9. The lowest BCUT2D eigenvalue weighted by Gasteiger charge is -2.25. The van der Waals surface area contributed by atoms with E-state index in [1.807, 2.05) is 4.90 Å². The molecule has 0 N–H and O–H groups in total. The first-order valence-corrected chi connectivity index (χ1v) is 9.86. The summed E-state index contributed by atoms with van der Waals surface area (Å²) < 4.78 is 58.4. The van der Waals surface area contributed by atoms with Crippen molar-refractivity contribution >= 4 is 34.8 Å². The van der Waals surface area contributed by atoms with Crippen LogP contribution in [0.1, 0.15) is 24.8 Å². The van der Waals surface area contributed by atoms with Gasteiger partial charge in [-0.25, -0.2) is 9.37 Å². The molecule has 1 aromatic heterocycles. The number of halogens is 6. The van der Waals surface area contributed by atoms with Crippen molar-refractivity contribution in [3.05, 3.63) is 45.8 Å². The fourth-order valence-corrected chi connectivity index (χ4v) is 4.02. The number of amides is 1. The predicted octanol–water partition coefficient (Wildman–Crippen LogP) is 5.50. The van der Waals surface area contributed by atoms with E-state index < -0.39 is 17.6 Å². The van der Waals surface area contributed by atoms with Crippen LogP contribution < -0.4 is 9.64 Å². The number of alkyl halides is 3. The minimum Gasteiger partial charge on any atom is -0.436 e. The Morgan fingerprint density at radius 1 is 1.13 bits per heavy atom. The molecule has 30 heavy (non-hydrogen) atoms. The molecule has 1 aromatic carbocycles. The predicted molar refractivity (Wildman–Crippen MR) is 102 cm³/mol. The highest BCUT2D eigenvalue weighted by molar-refractivity contribution is 6.33. The van der Waals surface area contributed by atoms with Crippen molar-refractivity contribution < 1.29 is 27.1 Å². The van der Waals surface area contributed by atoms with Gasteiger partial charge in [-0.1, -0.05) is 29.6 Å². The number of anilines is 1. The molecule has 3 heterocycles. The summed E-state index contributed by atoms with van der Waals surface area (Å²) in [5.74, 6) is -1.34. The summed E-state index contributed by atoms with van der Waals surface area (Å²) in [6.07, 6.45) is -1.44. The lowest BCUT2D eigenvalue weighted by atomic mass is 10.0. The lowest BCUT2D eigenvalue weighted by molar-refractivity contribution is -0.137. The molecule has 2 saturated heterocycles. The molecule has 2 aliphatic heterocycles. The van der Waals surface area contributed by atoms with E-state index in [1.54, 1.807) is 0 Å². The number of rotatable bonds is 3. The minimum atomic E-state index is -4.61. The molecule has 0 aliphatic carbocycles. The first kappa shape index (κ1) is 21.1. The van der Waals surface area contributed by atoms with Gasteiger partial charge < -0.3 is 4.74 Å². The van der Waals surface area contributed by atoms with Crippen LogP contribution in [0.4, 0.5) is 23.2 Å². The number of carbonyl (C=O) groups excluding carboxylic acids is 1. The van der Waals surface area contributed by atoms with Gasteiger partial charge in [0.25, 0.3) is 0 Å². The van der Waals surface area contributed by atoms with Gasteiger partial charge in [0.05, 0.1) is 29.0 Å². The number of piperidine rings is 1. The first-order valence-electron chi connectivity index (χ1n) is 9.10. The van der Waals surface area contributed by atoms with E-state index in [4.69, 9.17) is 27.9 Å². The molecule has 11 heteroatoms. The number of hydrogen-bond acceptors (Lipinski definition) is 4. The van der Waals surface area contributed by atoms with E-state index in [1.165, 1.54) is 11.0 Å². The van der Waals surface area contributed by atoms with Gasteiger partial charge in [-0.15, -0.1) is 0 Å². The van der Waals surface area contributed by atoms with Crippen LogP contribution in [0.3, 0.4) is 0 Å². The van der Waals surface area contributed by atoms with Crippen LogP contribution in [-0.4, -0.2) is 35.0 Å². The molecule has 0 bridgehead atoms. The highest BCUT2D eigenvalue weighted by atomic mass is 35.5. The zero-order chi connectivity index (χ0) is 21.6. The molecule has 0 spiro atoms. The summed E-state index contributed by atoms with van der Waals surface area (Å²) in [6.45, 7) is 0.983. The van der Waals surface area contributed by atoms with Crippen LogP contribution in [-0.2, 0) is 11.0 Å². The van der Waals surface area contributed by atoms with E-state index in [-0.39, 0.29) is 46.0 Å².